The smallest absolute Gasteiger partial charge is 0.00795 e. The highest BCUT2D eigenvalue weighted by Crippen LogP contribution is 2.32. The quantitative estimate of drug-likeness (QED) is 0.817. The molecule has 2 heteroatoms. The fraction of sp³-hybridized carbons (Fsp3) is 1.00. The summed E-state index contributed by atoms with van der Waals surface area (Å²) in [4.78, 5) is 2.69. The van der Waals surface area contributed by atoms with E-state index in [0.717, 1.165) is 11.8 Å². The minimum absolute atomic E-state index is 0.456. The van der Waals surface area contributed by atoms with Crippen molar-refractivity contribution < 1.29 is 0 Å². The Kier molecular flexibility index (Phi) is 4.71. The van der Waals surface area contributed by atoms with Gasteiger partial charge in [0.05, 0.1) is 0 Å². The van der Waals surface area contributed by atoms with E-state index in [0.29, 0.717) is 11.5 Å². The van der Waals surface area contributed by atoms with Crippen molar-refractivity contribution >= 4 is 0 Å². The van der Waals surface area contributed by atoms with Gasteiger partial charge in [-0.1, -0.05) is 20.8 Å². The van der Waals surface area contributed by atoms with Crippen molar-refractivity contribution in [3.05, 3.63) is 0 Å². The topological polar surface area (TPSA) is 29.3 Å². The molecule has 0 amide bonds. The first-order valence-corrected chi connectivity index (χ1v) is 7.94. The lowest BCUT2D eigenvalue weighted by molar-refractivity contribution is 0.161. The van der Waals surface area contributed by atoms with Crippen molar-refractivity contribution in [1.29, 1.82) is 0 Å². The van der Waals surface area contributed by atoms with Crippen LogP contribution in [0.3, 0.4) is 0 Å². The molecule has 0 aromatic carbocycles. The van der Waals surface area contributed by atoms with Crippen LogP contribution in [0.4, 0.5) is 0 Å². The third kappa shape index (κ3) is 3.96. The second-order valence-corrected chi connectivity index (χ2v) is 7.66. The highest BCUT2D eigenvalue weighted by Gasteiger charge is 2.29. The van der Waals surface area contributed by atoms with E-state index in [1.165, 1.54) is 58.2 Å². The van der Waals surface area contributed by atoms with Crippen LogP contribution in [-0.2, 0) is 0 Å². The second-order valence-electron chi connectivity index (χ2n) is 7.66. The maximum atomic E-state index is 6.32. The Morgan fingerprint density at radius 2 is 1.94 bits per heavy atom. The van der Waals surface area contributed by atoms with E-state index in [1.54, 1.807) is 0 Å². The van der Waals surface area contributed by atoms with E-state index in [1.807, 2.05) is 0 Å². The van der Waals surface area contributed by atoms with Crippen molar-refractivity contribution in [2.45, 2.75) is 65.3 Å². The minimum Gasteiger partial charge on any atom is -0.327 e. The average molecular weight is 252 g/mol. The van der Waals surface area contributed by atoms with E-state index in [2.05, 4.69) is 25.7 Å². The fourth-order valence-electron chi connectivity index (χ4n) is 3.73. The average Bonchev–Trinajstić information content (AvgIpc) is 2.46. The first-order chi connectivity index (χ1) is 8.46. The summed E-state index contributed by atoms with van der Waals surface area (Å²) < 4.78 is 0. The van der Waals surface area contributed by atoms with Gasteiger partial charge in [0.2, 0.25) is 0 Å². The van der Waals surface area contributed by atoms with Gasteiger partial charge in [-0.05, 0) is 68.9 Å². The van der Waals surface area contributed by atoms with Crippen molar-refractivity contribution in [1.82, 2.24) is 4.90 Å². The molecule has 0 bridgehead atoms. The number of nitrogens with zero attached hydrogens (tertiary/aromatic N) is 1. The van der Waals surface area contributed by atoms with Gasteiger partial charge in [-0.15, -0.1) is 0 Å². The van der Waals surface area contributed by atoms with Crippen molar-refractivity contribution in [2.75, 3.05) is 19.6 Å². The SMILES string of the molecule is CC1CCC(N)C(CN2CCCC(C)(C)CC2)C1. The highest BCUT2D eigenvalue weighted by molar-refractivity contribution is 4.85. The van der Waals surface area contributed by atoms with E-state index in [-0.39, 0.29) is 0 Å². The van der Waals surface area contributed by atoms with Gasteiger partial charge >= 0.3 is 0 Å². The van der Waals surface area contributed by atoms with Crippen molar-refractivity contribution in [3.63, 3.8) is 0 Å². The van der Waals surface area contributed by atoms with Gasteiger partial charge < -0.3 is 10.6 Å². The lowest BCUT2D eigenvalue weighted by Crippen LogP contribution is -2.43. The zero-order valence-corrected chi connectivity index (χ0v) is 12.6. The summed E-state index contributed by atoms with van der Waals surface area (Å²) >= 11 is 0. The molecule has 2 N–H and O–H groups in total. The molecular weight excluding hydrogens is 220 g/mol. The second kappa shape index (κ2) is 5.92. The fourth-order valence-corrected chi connectivity index (χ4v) is 3.73. The molecular formula is C16H32N2. The molecule has 0 radical (unpaired) electrons. The number of hydrogen-bond donors (Lipinski definition) is 1. The maximum Gasteiger partial charge on any atom is 0.00795 e. The Morgan fingerprint density at radius 3 is 2.72 bits per heavy atom. The van der Waals surface area contributed by atoms with Crippen molar-refractivity contribution in [2.24, 2.45) is 23.0 Å². The van der Waals surface area contributed by atoms with Crippen LogP contribution < -0.4 is 5.73 Å². The molecule has 3 atom stereocenters. The molecule has 1 aliphatic carbocycles. The number of rotatable bonds is 2. The van der Waals surface area contributed by atoms with E-state index < -0.39 is 0 Å². The van der Waals surface area contributed by atoms with Crippen LogP contribution in [-0.4, -0.2) is 30.6 Å². The van der Waals surface area contributed by atoms with Gasteiger partial charge in [-0.25, -0.2) is 0 Å². The van der Waals surface area contributed by atoms with E-state index in [4.69, 9.17) is 5.73 Å². The molecule has 0 spiro atoms. The van der Waals surface area contributed by atoms with Gasteiger partial charge in [0, 0.05) is 12.6 Å². The first-order valence-electron chi connectivity index (χ1n) is 7.94. The molecule has 1 heterocycles. The molecule has 106 valence electrons. The first kappa shape index (κ1) is 14.3. The summed E-state index contributed by atoms with van der Waals surface area (Å²) in [6, 6.07) is 0.456. The molecule has 1 aliphatic heterocycles. The third-order valence-electron chi connectivity index (χ3n) is 5.23. The molecule has 0 aromatic rings. The van der Waals surface area contributed by atoms with Crippen molar-refractivity contribution in [3.8, 4) is 0 Å². The summed E-state index contributed by atoms with van der Waals surface area (Å²) in [6.07, 6.45) is 8.03. The zero-order chi connectivity index (χ0) is 13.2. The lowest BCUT2D eigenvalue weighted by Gasteiger charge is -2.36. The molecule has 2 fully saturated rings. The Balaban J connectivity index is 1.85. The zero-order valence-electron chi connectivity index (χ0n) is 12.6. The molecule has 3 unspecified atom stereocenters. The van der Waals surface area contributed by atoms with Crippen LogP contribution in [0.5, 0.6) is 0 Å². The predicted octanol–water partition coefficient (Wildman–Crippen LogP) is 3.26. The summed E-state index contributed by atoms with van der Waals surface area (Å²) in [6.45, 7) is 11.1. The summed E-state index contributed by atoms with van der Waals surface area (Å²) in [5.41, 5.74) is 6.88. The van der Waals surface area contributed by atoms with Crippen LogP contribution >= 0.6 is 0 Å². The van der Waals surface area contributed by atoms with E-state index in [9.17, 15) is 0 Å². The number of hydrogen-bond acceptors (Lipinski definition) is 2. The largest absolute Gasteiger partial charge is 0.327 e. The standard InChI is InChI=1S/C16H32N2/c1-13-5-6-15(17)14(11-13)12-18-9-4-7-16(2,3)8-10-18/h13-15H,4-12,17H2,1-3H3. The van der Waals surface area contributed by atoms with E-state index >= 15 is 0 Å². The normalized spacial score (nSPS) is 38.3. The molecule has 18 heavy (non-hydrogen) atoms. The van der Waals surface area contributed by atoms with Gasteiger partial charge in [0.25, 0.3) is 0 Å². The number of likely N-dealkylation sites (tertiary alicyclic amines) is 1. The van der Waals surface area contributed by atoms with Gasteiger partial charge in [-0.3, -0.25) is 0 Å². The molecule has 2 nitrogen and oxygen atoms in total. The van der Waals surface area contributed by atoms with Gasteiger partial charge in [0.1, 0.15) is 0 Å². The molecule has 1 saturated carbocycles. The molecule has 2 rings (SSSR count). The minimum atomic E-state index is 0.456. The third-order valence-corrected chi connectivity index (χ3v) is 5.23. The number of nitrogens with two attached hydrogens (primary N) is 1. The highest BCUT2D eigenvalue weighted by atomic mass is 15.1. The predicted molar refractivity (Wildman–Crippen MR) is 78.6 cm³/mol. The summed E-state index contributed by atoms with van der Waals surface area (Å²) in [5, 5.41) is 0. The molecule has 1 saturated heterocycles. The van der Waals surface area contributed by atoms with Gasteiger partial charge in [-0.2, -0.15) is 0 Å². The Morgan fingerprint density at radius 1 is 1.17 bits per heavy atom. The summed E-state index contributed by atoms with van der Waals surface area (Å²) in [5.74, 6) is 1.63. The summed E-state index contributed by atoms with van der Waals surface area (Å²) in [7, 11) is 0. The Bertz CT molecular complexity index is 262. The van der Waals surface area contributed by atoms with Crippen LogP contribution in [0.25, 0.3) is 0 Å². The van der Waals surface area contributed by atoms with Crippen LogP contribution in [0.2, 0.25) is 0 Å². The Hall–Kier alpha value is -0.0800. The van der Waals surface area contributed by atoms with Crippen LogP contribution in [0.1, 0.15) is 59.3 Å². The maximum absolute atomic E-state index is 6.32. The molecule has 2 aliphatic rings. The lowest BCUT2D eigenvalue weighted by atomic mass is 9.79. The molecule has 0 aromatic heterocycles. The van der Waals surface area contributed by atoms with Gasteiger partial charge in [0.15, 0.2) is 0 Å². The Labute approximate surface area is 113 Å². The van der Waals surface area contributed by atoms with Crippen LogP contribution in [0, 0.1) is 17.3 Å². The van der Waals surface area contributed by atoms with Crippen LogP contribution in [0.15, 0.2) is 0 Å². The monoisotopic (exact) mass is 252 g/mol.